The van der Waals surface area contributed by atoms with Gasteiger partial charge in [-0.15, -0.1) is 11.3 Å². The van der Waals surface area contributed by atoms with E-state index >= 15 is 0 Å². The van der Waals surface area contributed by atoms with Crippen LogP contribution < -0.4 is 0 Å². The van der Waals surface area contributed by atoms with Gasteiger partial charge in [0, 0.05) is 11.3 Å². The van der Waals surface area contributed by atoms with Crippen LogP contribution in [-0.2, 0) is 0 Å². The van der Waals surface area contributed by atoms with Gasteiger partial charge in [0.15, 0.2) is 5.78 Å². The highest BCUT2D eigenvalue weighted by molar-refractivity contribution is 7.14. The number of carbonyl (C=O) groups excluding carboxylic acids is 1. The van der Waals surface area contributed by atoms with Crippen molar-refractivity contribution >= 4 is 17.1 Å². The number of hydrogen-bond acceptors (Lipinski definition) is 2. The van der Waals surface area contributed by atoms with E-state index in [9.17, 15) is 4.79 Å². The molecule has 0 bridgehead atoms. The number of rotatable bonds is 8. The van der Waals surface area contributed by atoms with E-state index in [2.05, 4.69) is 20.8 Å². The Morgan fingerprint density at radius 2 is 1.76 bits per heavy atom. The first-order chi connectivity index (χ1) is 8.15. The first-order valence-corrected chi connectivity index (χ1v) is 7.57. The molecule has 0 saturated carbocycles. The van der Waals surface area contributed by atoms with Gasteiger partial charge in [0.2, 0.25) is 0 Å². The van der Waals surface area contributed by atoms with Crippen molar-refractivity contribution in [2.24, 2.45) is 0 Å². The summed E-state index contributed by atoms with van der Waals surface area (Å²) in [6, 6.07) is 2.04. The second-order valence-corrected chi connectivity index (χ2v) is 6.05. The first kappa shape index (κ1) is 14.4. The fourth-order valence-electron chi connectivity index (χ4n) is 1.90. The average Bonchev–Trinajstić information content (AvgIpc) is 2.64. The van der Waals surface area contributed by atoms with Crippen molar-refractivity contribution in [1.29, 1.82) is 0 Å². The van der Waals surface area contributed by atoms with Crippen LogP contribution in [0.3, 0.4) is 0 Å². The van der Waals surface area contributed by atoms with Gasteiger partial charge < -0.3 is 0 Å². The van der Waals surface area contributed by atoms with E-state index in [0.29, 0.717) is 5.78 Å². The van der Waals surface area contributed by atoms with Crippen LogP contribution in [0, 0.1) is 13.8 Å². The topological polar surface area (TPSA) is 17.1 Å². The van der Waals surface area contributed by atoms with Crippen LogP contribution in [0.25, 0.3) is 0 Å². The van der Waals surface area contributed by atoms with Gasteiger partial charge in [0.1, 0.15) is 0 Å². The summed E-state index contributed by atoms with van der Waals surface area (Å²) in [7, 11) is 0. The van der Waals surface area contributed by atoms with E-state index in [4.69, 9.17) is 0 Å². The number of thiophene rings is 1. The second kappa shape index (κ2) is 7.65. The molecule has 0 N–H and O–H groups in total. The Balaban J connectivity index is 2.21. The molecule has 0 spiro atoms. The van der Waals surface area contributed by atoms with Crippen LogP contribution in [0.2, 0.25) is 0 Å². The summed E-state index contributed by atoms with van der Waals surface area (Å²) in [4.78, 5) is 14.1. The average molecular weight is 252 g/mol. The number of hydrogen-bond donors (Lipinski definition) is 0. The molecule has 1 heterocycles. The van der Waals surface area contributed by atoms with Gasteiger partial charge >= 0.3 is 0 Å². The summed E-state index contributed by atoms with van der Waals surface area (Å²) >= 11 is 1.64. The Morgan fingerprint density at radius 3 is 2.35 bits per heavy atom. The zero-order chi connectivity index (χ0) is 12.7. The molecule has 0 aromatic carbocycles. The van der Waals surface area contributed by atoms with Crippen LogP contribution in [0.4, 0.5) is 0 Å². The maximum Gasteiger partial charge on any atom is 0.172 e. The van der Waals surface area contributed by atoms with Gasteiger partial charge in [-0.1, -0.05) is 39.0 Å². The van der Waals surface area contributed by atoms with Crippen molar-refractivity contribution in [2.45, 2.75) is 65.7 Å². The molecule has 0 aliphatic rings. The summed E-state index contributed by atoms with van der Waals surface area (Å²) in [5.74, 6) is 0.335. The van der Waals surface area contributed by atoms with Gasteiger partial charge in [-0.2, -0.15) is 0 Å². The van der Waals surface area contributed by atoms with Gasteiger partial charge in [-0.25, -0.2) is 0 Å². The Kier molecular flexibility index (Phi) is 6.49. The maximum absolute atomic E-state index is 11.9. The third kappa shape index (κ3) is 5.03. The Hall–Kier alpha value is -0.630. The summed E-state index contributed by atoms with van der Waals surface area (Å²) in [6.45, 7) is 6.39. The van der Waals surface area contributed by atoms with Crippen LogP contribution in [-0.4, -0.2) is 5.78 Å². The molecule has 1 nitrogen and oxygen atoms in total. The normalized spacial score (nSPS) is 10.8. The lowest BCUT2D eigenvalue weighted by Gasteiger charge is -1.99. The number of carbonyl (C=O) groups is 1. The summed E-state index contributed by atoms with van der Waals surface area (Å²) < 4.78 is 0. The molecule has 0 radical (unpaired) electrons. The smallest absolute Gasteiger partial charge is 0.172 e. The van der Waals surface area contributed by atoms with Gasteiger partial charge in [0.25, 0.3) is 0 Å². The lowest BCUT2D eigenvalue weighted by molar-refractivity contribution is 0.0983. The van der Waals surface area contributed by atoms with Crippen LogP contribution >= 0.6 is 11.3 Å². The highest BCUT2D eigenvalue weighted by Gasteiger charge is 2.09. The van der Waals surface area contributed by atoms with Crippen molar-refractivity contribution in [3.63, 3.8) is 0 Å². The Bertz CT molecular complexity index is 332. The van der Waals surface area contributed by atoms with Gasteiger partial charge in [-0.3, -0.25) is 4.79 Å². The largest absolute Gasteiger partial charge is 0.293 e. The fraction of sp³-hybridized carbons (Fsp3) is 0.667. The Labute approximate surface area is 109 Å². The highest BCUT2D eigenvalue weighted by Crippen LogP contribution is 2.22. The van der Waals surface area contributed by atoms with E-state index in [0.717, 1.165) is 17.7 Å². The predicted molar refractivity (Wildman–Crippen MR) is 76.1 cm³/mol. The summed E-state index contributed by atoms with van der Waals surface area (Å²) in [6.07, 6.45) is 8.20. The van der Waals surface area contributed by atoms with Gasteiger partial charge in [0.05, 0.1) is 4.88 Å². The minimum atomic E-state index is 0.335. The fourth-order valence-corrected chi connectivity index (χ4v) is 2.90. The zero-order valence-electron chi connectivity index (χ0n) is 11.3. The molecule has 0 atom stereocenters. The predicted octanol–water partition coefficient (Wildman–Crippen LogP) is 5.30. The number of unbranched alkanes of at least 4 members (excludes halogenated alkanes) is 5. The highest BCUT2D eigenvalue weighted by atomic mass is 32.1. The van der Waals surface area contributed by atoms with Crippen molar-refractivity contribution < 1.29 is 4.79 Å². The van der Waals surface area contributed by atoms with Crippen molar-refractivity contribution in [3.05, 3.63) is 21.4 Å². The molecule has 0 amide bonds. The summed E-state index contributed by atoms with van der Waals surface area (Å²) in [5, 5.41) is 0. The second-order valence-electron chi connectivity index (χ2n) is 4.79. The molecular formula is C15H24OS. The van der Waals surface area contributed by atoms with Gasteiger partial charge in [-0.05, 0) is 31.9 Å². The molecule has 1 rings (SSSR count). The van der Waals surface area contributed by atoms with E-state index < -0.39 is 0 Å². The van der Waals surface area contributed by atoms with E-state index in [-0.39, 0.29) is 0 Å². The number of ketones is 1. The standard InChI is InChI=1S/C15H24OS/c1-4-5-6-7-8-9-10-14(16)15-11-12(2)13(3)17-15/h11H,4-10H2,1-3H3. The lowest BCUT2D eigenvalue weighted by atomic mass is 10.1. The van der Waals surface area contributed by atoms with Crippen molar-refractivity contribution in [2.75, 3.05) is 0 Å². The Morgan fingerprint density at radius 1 is 1.12 bits per heavy atom. The minimum absolute atomic E-state index is 0.335. The quantitative estimate of drug-likeness (QED) is 0.453. The number of aryl methyl sites for hydroxylation is 2. The SMILES string of the molecule is CCCCCCCCC(=O)c1cc(C)c(C)s1. The first-order valence-electron chi connectivity index (χ1n) is 6.75. The van der Waals surface area contributed by atoms with Crippen LogP contribution in [0.1, 0.15) is 72.0 Å². The minimum Gasteiger partial charge on any atom is -0.293 e. The molecule has 0 unspecified atom stereocenters. The molecule has 96 valence electrons. The molecule has 0 fully saturated rings. The molecule has 17 heavy (non-hydrogen) atoms. The summed E-state index contributed by atoms with van der Waals surface area (Å²) in [5.41, 5.74) is 1.25. The lowest BCUT2D eigenvalue weighted by Crippen LogP contribution is -1.95. The third-order valence-corrected chi connectivity index (χ3v) is 4.39. The number of Topliss-reactive ketones (excluding diaryl/α,β-unsaturated/α-hetero) is 1. The molecule has 1 aromatic rings. The van der Waals surface area contributed by atoms with Crippen LogP contribution in [0.15, 0.2) is 6.07 Å². The monoisotopic (exact) mass is 252 g/mol. The molecule has 0 saturated heterocycles. The third-order valence-electron chi connectivity index (χ3n) is 3.20. The molecule has 0 aliphatic carbocycles. The van der Waals surface area contributed by atoms with E-state index in [1.807, 2.05) is 6.07 Å². The van der Waals surface area contributed by atoms with Crippen molar-refractivity contribution in [3.8, 4) is 0 Å². The van der Waals surface area contributed by atoms with Crippen LogP contribution in [0.5, 0.6) is 0 Å². The van der Waals surface area contributed by atoms with E-state index in [1.54, 1.807) is 11.3 Å². The van der Waals surface area contributed by atoms with E-state index in [1.165, 1.54) is 42.5 Å². The molecule has 1 aromatic heterocycles. The maximum atomic E-state index is 11.9. The molecule has 0 aliphatic heterocycles. The molecule has 2 heteroatoms. The molecular weight excluding hydrogens is 228 g/mol. The van der Waals surface area contributed by atoms with Crippen molar-refractivity contribution in [1.82, 2.24) is 0 Å². The zero-order valence-corrected chi connectivity index (χ0v) is 12.2.